The van der Waals surface area contributed by atoms with Gasteiger partial charge in [0.1, 0.15) is 0 Å². The number of carbonyl (C=O) groups excluding carboxylic acids is 1. The van der Waals surface area contributed by atoms with Gasteiger partial charge in [-0.15, -0.1) is 0 Å². The van der Waals surface area contributed by atoms with E-state index in [9.17, 15) is 4.79 Å². The maximum Gasteiger partial charge on any atom is 0.220 e. The van der Waals surface area contributed by atoms with Crippen molar-refractivity contribution in [3.63, 3.8) is 0 Å². The molecule has 0 unspecified atom stereocenters. The maximum absolute atomic E-state index is 12.0. The minimum Gasteiger partial charge on any atom is -0.354 e. The third kappa shape index (κ3) is 6.25. The summed E-state index contributed by atoms with van der Waals surface area (Å²) in [6, 6.07) is 16.0. The second kappa shape index (κ2) is 8.95. The van der Waals surface area contributed by atoms with Crippen LogP contribution in [0.2, 0.25) is 10.0 Å². The number of aryl methyl sites for hydroxylation is 2. The number of hydrogen-bond donors (Lipinski definition) is 1. The van der Waals surface area contributed by atoms with Crippen molar-refractivity contribution in [2.45, 2.75) is 38.6 Å². The number of amides is 1. The van der Waals surface area contributed by atoms with Crippen LogP contribution in [-0.4, -0.2) is 11.9 Å². The average molecular weight is 350 g/mol. The van der Waals surface area contributed by atoms with Gasteiger partial charge < -0.3 is 5.32 Å². The van der Waals surface area contributed by atoms with Gasteiger partial charge >= 0.3 is 0 Å². The van der Waals surface area contributed by atoms with Crippen LogP contribution in [0.4, 0.5) is 0 Å². The van der Waals surface area contributed by atoms with Crippen LogP contribution in [0.3, 0.4) is 0 Å². The Hall–Kier alpha value is -1.51. The Morgan fingerprint density at radius 3 is 2.43 bits per heavy atom. The van der Waals surface area contributed by atoms with Crippen molar-refractivity contribution in [2.24, 2.45) is 0 Å². The fraction of sp³-hybridized carbons (Fsp3) is 0.316. The van der Waals surface area contributed by atoms with Crippen molar-refractivity contribution in [1.82, 2.24) is 5.32 Å². The van der Waals surface area contributed by atoms with Crippen LogP contribution in [0.1, 0.15) is 30.9 Å². The lowest BCUT2D eigenvalue weighted by atomic mass is 10.1. The number of halogens is 2. The van der Waals surface area contributed by atoms with Gasteiger partial charge in [-0.1, -0.05) is 59.6 Å². The van der Waals surface area contributed by atoms with Gasteiger partial charge in [0.25, 0.3) is 0 Å². The Balaban J connectivity index is 1.72. The first kappa shape index (κ1) is 17.8. The molecule has 0 aliphatic carbocycles. The van der Waals surface area contributed by atoms with Gasteiger partial charge in [0.15, 0.2) is 0 Å². The molecule has 2 aromatic rings. The minimum atomic E-state index is 0.0663. The molecule has 2 rings (SSSR count). The quantitative estimate of drug-likeness (QED) is 0.743. The third-order valence-corrected chi connectivity index (χ3v) is 4.48. The fourth-order valence-electron chi connectivity index (χ4n) is 2.40. The summed E-state index contributed by atoms with van der Waals surface area (Å²) in [4.78, 5) is 12.0. The van der Waals surface area contributed by atoms with Crippen molar-refractivity contribution in [3.05, 3.63) is 69.7 Å². The second-order valence-electron chi connectivity index (χ2n) is 5.74. The summed E-state index contributed by atoms with van der Waals surface area (Å²) < 4.78 is 0. The standard InChI is InChI=1S/C19H21Cl2NO/c1-14(7-8-15-5-3-2-4-6-15)22-19(23)12-10-16-9-11-17(20)18(21)13-16/h2-6,9,11,13-14H,7-8,10,12H2,1H3,(H,22,23)/t14-/m1/s1. The normalized spacial score (nSPS) is 12.0. The van der Waals surface area contributed by atoms with E-state index in [2.05, 4.69) is 17.4 Å². The lowest BCUT2D eigenvalue weighted by Crippen LogP contribution is -2.33. The Labute approximate surface area is 147 Å². The van der Waals surface area contributed by atoms with E-state index < -0.39 is 0 Å². The van der Waals surface area contributed by atoms with Gasteiger partial charge in [0, 0.05) is 12.5 Å². The van der Waals surface area contributed by atoms with Crippen molar-refractivity contribution in [3.8, 4) is 0 Å². The van der Waals surface area contributed by atoms with Crippen LogP contribution in [-0.2, 0) is 17.6 Å². The Kier molecular flexibility index (Phi) is 6.94. The molecule has 0 saturated carbocycles. The molecule has 1 amide bonds. The van der Waals surface area contributed by atoms with Gasteiger partial charge in [-0.2, -0.15) is 0 Å². The van der Waals surface area contributed by atoms with E-state index in [1.54, 1.807) is 6.07 Å². The first-order valence-electron chi connectivity index (χ1n) is 7.82. The Bertz CT molecular complexity index is 643. The number of nitrogens with one attached hydrogen (secondary N) is 1. The minimum absolute atomic E-state index is 0.0663. The van der Waals surface area contributed by atoms with E-state index in [1.165, 1.54) is 5.56 Å². The van der Waals surface area contributed by atoms with Crippen LogP contribution in [0.15, 0.2) is 48.5 Å². The van der Waals surface area contributed by atoms with E-state index in [0.717, 1.165) is 18.4 Å². The summed E-state index contributed by atoms with van der Waals surface area (Å²) in [5.74, 6) is 0.0663. The molecule has 0 fully saturated rings. The zero-order valence-corrected chi connectivity index (χ0v) is 14.7. The van der Waals surface area contributed by atoms with Gasteiger partial charge in [-0.05, 0) is 49.4 Å². The number of rotatable bonds is 7. The molecular formula is C19H21Cl2NO. The smallest absolute Gasteiger partial charge is 0.220 e. The molecule has 1 N–H and O–H groups in total. The molecule has 0 aromatic heterocycles. The van der Waals surface area contributed by atoms with Crippen LogP contribution < -0.4 is 5.32 Å². The third-order valence-electron chi connectivity index (χ3n) is 3.74. The Morgan fingerprint density at radius 1 is 1.00 bits per heavy atom. The molecule has 0 bridgehead atoms. The van der Waals surface area contributed by atoms with Crippen LogP contribution in [0, 0.1) is 0 Å². The zero-order valence-electron chi connectivity index (χ0n) is 13.2. The summed E-state index contributed by atoms with van der Waals surface area (Å²) in [5, 5.41) is 4.11. The molecule has 0 heterocycles. The highest BCUT2D eigenvalue weighted by molar-refractivity contribution is 6.42. The molecule has 2 nitrogen and oxygen atoms in total. The SMILES string of the molecule is C[C@H](CCc1ccccc1)NC(=O)CCc1ccc(Cl)c(Cl)c1. The molecule has 1 atom stereocenters. The van der Waals surface area contributed by atoms with Gasteiger partial charge in [-0.25, -0.2) is 0 Å². The molecule has 122 valence electrons. The Morgan fingerprint density at radius 2 is 1.74 bits per heavy atom. The monoisotopic (exact) mass is 349 g/mol. The van der Waals surface area contributed by atoms with Crippen molar-refractivity contribution >= 4 is 29.1 Å². The molecular weight excluding hydrogens is 329 g/mol. The molecule has 0 saturated heterocycles. The van der Waals surface area contributed by atoms with Gasteiger partial charge in [0.2, 0.25) is 5.91 Å². The predicted molar refractivity (Wildman–Crippen MR) is 97.2 cm³/mol. The maximum atomic E-state index is 12.0. The lowest BCUT2D eigenvalue weighted by Gasteiger charge is -2.14. The van der Waals surface area contributed by atoms with E-state index in [4.69, 9.17) is 23.2 Å². The molecule has 4 heteroatoms. The topological polar surface area (TPSA) is 29.1 Å². The van der Waals surface area contributed by atoms with Crippen molar-refractivity contribution in [2.75, 3.05) is 0 Å². The zero-order chi connectivity index (χ0) is 16.7. The average Bonchev–Trinajstić information content (AvgIpc) is 2.55. The predicted octanol–water partition coefficient (Wildman–Crippen LogP) is 5.06. The summed E-state index contributed by atoms with van der Waals surface area (Å²) in [6.45, 7) is 2.04. The van der Waals surface area contributed by atoms with Gasteiger partial charge in [0.05, 0.1) is 10.0 Å². The molecule has 0 spiro atoms. The number of carbonyl (C=O) groups is 1. The molecule has 0 aliphatic rings. The highest BCUT2D eigenvalue weighted by atomic mass is 35.5. The molecule has 0 aliphatic heterocycles. The van der Waals surface area contributed by atoms with Crippen molar-refractivity contribution in [1.29, 1.82) is 0 Å². The van der Waals surface area contributed by atoms with Gasteiger partial charge in [-0.3, -0.25) is 4.79 Å². The van der Waals surface area contributed by atoms with E-state index in [0.29, 0.717) is 22.9 Å². The summed E-state index contributed by atoms with van der Waals surface area (Å²) in [7, 11) is 0. The molecule has 23 heavy (non-hydrogen) atoms. The fourth-order valence-corrected chi connectivity index (χ4v) is 2.72. The number of hydrogen-bond acceptors (Lipinski definition) is 1. The van der Waals surface area contributed by atoms with E-state index in [-0.39, 0.29) is 11.9 Å². The largest absolute Gasteiger partial charge is 0.354 e. The first-order valence-corrected chi connectivity index (χ1v) is 8.57. The summed E-state index contributed by atoms with van der Waals surface area (Å²) in [5.41, 5.74) is 2.32. The molecule has 2 aromatic carbocycles. The highest BCUT2D eigenvalue weighted by Gasteiger charge is 2.08. The summed E-state index contributed by atoms with van der Waals surface area (Å²) in [6.07, 6.45) is 3.01. The first-order chi connectivity index (χ1) is 11.0. The van der Waals surface area contributed by atoms with E-state index in [1.807, 2.05) is 37.3 Å². The van der Waals surface area contributed by atoms with Crippen LogP contribution in [0.5, 0.6) is 0 Å². The van der Waals surface area contributed by atoms with Crippen molar-refractivity contribution < 1.29 is 4.79 Å². The number of benzene rings is 2. The summed E-state index contributed by atoms with van der Waals surface area (Å²) >= 11 is 11.9. The van der Waals surface area contributed by atoms with E-state index >= 15 is 0 Å². The molecule has 0 radical (unpaired) electrons. The highest BCUT2D eigenvalue weighted by Crippen LogP contribution is 2.23. The van der Waals surface area contributed by atoms with Crippen LogP contribution in [0.25, 0.3) is 0 Å². The second-order valence-corrected chi connectivity index (χ2v) is 6.56. The lowest BCUT2D eigenvalue weighted by molar-refractivity contribution is -0.121. The van der Waals surface area contributed by atoms with Crippen LogP contribution >= 0.6 is 23.2 Å².